The lowest BCUT2D eigenvalue weighted by molar-refractivity contribution is -0.127. The number of hydrogen-bond donors (Lipinski definition) is 2. The number of carbonyl (C=O) groups excluding carboxylic acids is 1. The molecule has 6 heteroatoms. The van der Waals surface area contributed by atoms with Crippen molar-refractivity contribution in [1.29, 1.82) is 0 Å². The van der Waals surface area contributed by atoms with E-state index in [2.05, 4.69) is 17.3 Å². The third-order valence-corrected chi connectivity index (χ3v) is 5.97. The maximum absolute atomic E-state index is 12.3. The number of amides is 1. The third kappa shape index (κ3) is 4.28. The number of halogens is 2. The van der Waals surface area contributed by atoms with E-state index in [-0.39, 0.29) is 42.7 Å². The minimum atomic E-state index is 0. The third-order valence-electron chi connectivity index (χ3n) is 5.97. The van der Waals surface area contributed by atoms with Crippen LogP contribution >= 0.6 is 24.8 Å². The first-order chi connectivity index (χ1) is 9.65. The van der Waals surface area contributed by atoms with E-state index in [0.29, 0.717) is 11.8 Å². The van der Waals surface area contributed by atoms with Gasteiger partial charge in [0.05, 0.1) is 5.92 Å². The minimum absolute atomic E-state index is 0. The standard InChI is InChI=1S/C16H29N3O.2ClH/c1-19-8-5-11(6-9-19)4-7-18-16(20)14-12-2-3-13(10-12)15(14)17;;/h11-15H,2-10,17H2,1H3,(H,18,20);2*1H. The van der Waals surface area contributed by atoms with Gasteiger partial charge >= 0.3 is 0 Å². The average molecular weight is 352 g/mol. The summed E-state index contributed by atoms with van der Waals surface area (Å²) in [5.41, 5.74) is 6.23. The molecule has 0 aromatic rings. The van der Waals surface area contributed by atoms with Crippen molar-refractivity contribution in [2.24, 2.45) is 29.4 Å². The van der Waals surface area contributed by atoms with Crippen LogP contribution in [-0.2, 0) is 4.79 Å². The molecule has 2 aliphatic carbocycles. The summed E-state index contributed by atoms with van der Waals surface area (Å²) >= 11 is 0. The number of nitrogens with two attached hydrogens (primary N) is 1. The highest BCUT2D eigenvalue weighted by molar-refractivity contribution is 5.85. The Labute approximate surface area is 146 Å². The highest BCUT2D eigenvalue weighted by atomic mass is 35.5. The molecule has 3 rings (SSSR count). The van der Waals surface area contributed by atoms with Crippen LogP contribution in [0.5, 0.6) is 0 Å². The van der Waals surface area contributed by atoms with Gasteiger partial charge < -0.3 is 16.0 Å². The first kappa shape index (κ1) is 20.0. The first-order valence-corrected chi connectivity index (χ1v) is 8.37. The van der Waals surface area contributed by atoms with Crippen molar-refractivity contribution in [3.8, 4) is 0 Å². The van der Waals surface area contributed by atoms with Gasteiger partial charge in [0, 0.05) is 12.6 Å². The molecular formula is C16H31Cl2N3O. The monoisotopic (exact) mass is 351 g/mol. The van der Waals surface area contributed by atoms with Crippen molar-refractivity contribution in [1.82, 2.24) is 10.2 Å². The second-order valence-electron chi connectivity index (χ2n) is 7.26. The second-order valence-corrected chi connectivity index (χ2v) is 7.26. The molecule has 1 amide bonds. The van der Waals surface area contributed by atoms with Gasteiger partial charge in [-0.2, -0.15) is 0 Å². The normalized spacial score (nSPS) is 34.8. The number of likely N-dealkylation sites (tertiary alicyclic amines) is 1. The maximum atomic E-state index is 12.3. The van der Waals surface area contributed by atoms with E-state index in [4.69, 9.17) is 5.73 Å². The van der Waals surface area contributed by atoms with Crippen molar-refractivity contribution < 1.29 is 4.79 Å². The van der Waals surface area contributed by atoms with Gasteiger partial charge in [0.2, 0.25) is 5.91 Å². The molecule has 2 bridgehead atoms. The zero-order valence-corrected chi connectivity index (χ0v) is 15.1. The van der Waals surface area contributed by atoms with E-state index in [9.17, 15) is 4.79 Å². The molecule has 0 spiro atoms. The molecule has 3 fully saturated rings. The Morgan fingerprint density at radius 2 is 1.77 bits per heavy atom. The fraction of sp³-hybridized carbons (Fsp3) is 0.938. The van der Waals surface area contributed by atoms with Crippen molar-refractivity contribution in [2.75, 3.05) is 26.7 Å². The van der Waals surface area contributed by atoms with E-state index in [1.54, 1.807) is 0 Å². The summed E-state index contributed by atoms with van der Waals surface area (Å²) in [4.78, 5) is 14.7. The molecule has 3 N–H and O–H groups in total. The molecule has 0 radical (unpaired) electrons. The van der Waals surface area contributed by atoms with Crippen molar-refractivity contribution >= 4 is 30.7 Å². The molecule has 0 aromatic carbocycles. The Morgan fingerprint density at radius 3 is 2.36 bits per heavy atom. The first-order valence-electron chi connectivity index (χ1n) is 8.37. The Balaban J connectivity index is 0.00000121. The van der Waals surface area contributed by atoms with Gasteiger partial charge in [-0.25, -0.2) is 0 Å². The number of hydrogen-bond acceptors (Lipinski definition) is 3. The maximum Gasteiger partial charge on any atom is 0.224 e. The summed E-state index contributed by atoms with van der Waals surface area (Å²) in [7, 11) is 2.19. The van der Waals surface area contributed by atoms with E-state index in [1.165, 1.54) is 45.2 Å². The van der Waals surface area contributed by atoms with E-state index < -0.39 is 0 Å². The van der Waals surface area contributed by atoms with Crippen molar-refractivity contribution in [3.05, 3.63) is 0 Å². The smallest absolute Gasteiger partial charge is 0.224 e. The van der Waals surface area contributed by atoms with Gasteiger partial charge in [-0.1, -0.05) is 0 Å². The Kier molecular flexibility index (Phi) is 7.93. The highest BCUT2D eigenvalue weighted by Crippen LogP contribution is 2.47. The minimum Gasteiger partial charge on any atom is -0.356 e. The molecule has 3 aliphatic rings. The Bertz CT molecular complexity index is 359. The molecule has 4 atom stereocenters. The van der Waals surface area contributed by atoms with Gasteiger partial charge in [0.25, 0.3) is 0 Å². The predicted molar refractivity (Wildman–Crippen MR) is 94.6 cm³/mol. The van der Waals surface area contributed by atoms with Crippen LogP contribution in [0.25, 0.3) is 0 Å². The lowest BCUT2D eigenvalue weighted by Crippen LogP contribution is -2.45. The summed E-state index contributed by atoms with van der Waals surface area (Å²) in [6.07, 6.45) is 7.33. The zero-order valence-electron chi connectivity index (χ0n) is 13.5. The summed E-state index contributed by atoms with van der Waals surface area (Å²) < 4.78 is 0. The molecule has 4 nitrogen and oxygen atoms in total. The average Bonchev–Trinajstić information content (AvgIpc) is 3.01. The molecule has 1 heterocycles. The van der Waals surface area contributed by atoms with Crippen LogP contribution in [-0.4, -0.2) is 43.5 Å². The largest absolute Gasteiger partial charge is 0.356 e. The SMILES string of the molecule is CN1CCC(CCNC(=O)C2C3CCC(C3)C2N)CC1.Cl.Cl. The lowest BCUT2D eigenvalue weighted by atomic mass is 9.84. The second kappa shape index (κ2) is 8.72. The summed E-state index contributed by atoms with van der Waals surface area (Å²) in [6.45, 7) is 3.25. The van der Waals surface area contributed by atoms with Gasteiger partial charge in [0.15, 0.2) is 0 Å². The number of fused-ring (bicyclic) bond motifs is 2. The zero-order chi connectivity index (χ0) is 14.1. The summed E-state index contributed by atoms with van der Waals surface area (Å²) in [6, 6.07) is 0.122. The number of carbonyl (C=O) groups is 1. The van der Waals surface area contributed by atoms with Crippen LogP contribution < -0.4 is 11.1 Å². The van der Waals surface area contributed by atoms with Crippen LogP contribution in [0.15, 0.2) is 0 Å². The van der Waals surface area contributed by atoms with Gasteiger partial charge in [-0.3, -0.25) is 4.79 Å². The Morgan fingerprint density at radius 1 is 1.14 bits per heavy atom. The van der Waals surface area contributed by atoms with Gasteiger partial charge in [0.1, 0.15) is 0 Å². The molecule has 0 aromatic heterocycles. The molecule has 1 aliphatic heterocycles. The van der Waals surface area contributed by atoms with Crippen LogP contribution in [0.4, 0.5) is 0 Å². The van der Waals surface area contributed by atoms with E-state index >= 15 is 0 Å². The van der Waals surface area contributed by atoms with Crippen LogP contribution in [0.3, 0.4) is 0 Å². The van der Waals surface area contributed by atoms with Crippen LogP contribution in [0.2, 0.25) is 0 Å². The van der Waals surface area contributed by atoms with Crippen molar-refractivity contribution in [3.63, 3.8) is 0 Å². The van der Waals surface area contributed by atoms with Crippen molar-refractivity contribution in [2.45, 2.75) is 44.6 Å². The predicted octanol–water partition coefficient (Wildman–Crippen LogP) is 2.05. The quantitative estimate of drug-likeness (QED) is 0.814. The van der Waals surface area contributed by atoms with Crippen LogP contribution in [0, 0.1) is 23.7 Å². The summed E-state index contributed by atoms with van der Waals surface area (Å²) in [5, 5.41) is 3.17. The molecule has 22 heavy (non-hydrogen) atoms. The van der Waals surface area contributed by atoms with Crippen LogP contribution in [0.1, 0.15) is 38.5 Å². The Hall–Kier alpha value is -0.0300. The molecule has 4 unspecified atom stereocenters. The fourth-order valence-electron chi connectivity index (χ4n) is 4.59. The molecule has 2 saturated carbocycles. The number of piperidine rings is 1. The lowest BCUT2D eigenvalue weighted by Gasteiger charge is -2.30. The van der Waals surface area contributed by atoms with Gasteiger partial charge in [-0.15, -0.1) is 24.8 Å². The summed E-state index contributed by atoms with van der Waals surface area (Å²) in [5.74, 6) is 2.31. The van der Waals surface area contributed by atoms with E-state index in [0.717, 1.165) is 18.9 Å². The van der Waals surface area contributed by atoms with Gasteiger partial charge in [-0.05, 0) is 76.4 Å². The molecular weight excluding hydrogens is 321 g/mol. The molecule has 1 saturated heterocycles. The number of nitrogens with one attached hydrogen (secondary N) is 1. The molecule has 130 valence electrons. The topological polar surface area (TPSA) is 58.4 Å². The number of rotatable bonds is 4. The fourth-order valence-corrected chi connectivity index (χ4v) is 4.59. The number of nitrogens with zero attached hydrogens (tertiary/aromatic N) is 1. The van der Waals surface area contributed by atoms with E-state index in [1.807, 2.05) is 0 Å². The highest BCUT2D eigenvalue weighted by Gasteiger charge is 2.48.